The van der Waals surface area contributed by atoms with Crippen LogP contribution in [0.25, 0.3) is 0 Å². The number of nitrogens with zero attached hydrogens (tertiary/aromatic N) is 2. The summed E-state index contributed by atoms with van der Waals surface area (Å²) in [5.41, 5.74) is 3.15. The van der Waals surface area contributed by atoms with Crippen LogP contribution in [0, 0.1) is 6.92 Å². The van der Waals surface area contributed by atoms with E-state index >= 15 is 0 Å². The molecule has 1 heterocycles. The average Bonchev–Trinajstić information content (AvgIpc) is 3.10. The highest BCUT2D eigenvalue weighted by Crippen LogP contribution is 2.22. The molecule has 3 rings (SSSR count). The summed E-state index contributed by atoms with van der Waals surface area (Å²) in [6, 6.07) is 15.8. The summed E-state index contributed by atoms with van der Waals surface area (Å²) in [4.78, 5) is 19.0. The van der Waals surface area contributed by atoms with Gasteiger partial charge in [-0.2, -0.15) is 0 Å². The number of ether oxygens (including phenoxy) is 1. The van der Waals surface area contributed by atoms with Gasteiger partial charge in [-0.05, 0) is 43.7 Å². The van der Waals surface area contributed by atoms with Crippen molar-refractivity contribution in [2.75, 3.05) is 19.7 Å². The van der Waals surface area contributed by atoms with Gasteiger partial charge in [0.15, 0.2) is 5.17 Å². The molecule has 5 heteroatoms. The maximum absolute atomic E-state index is 12.8. The number of carbonyl (C=O) groups is 1. The SMILES string of the molecule is CCOc1ccc(C(=O)N2CCN=C2SCc2ccc(C)cc2)cc1. The van der Waals surface area contributed by atoms with Crippen LogP contribution in [0.2, 0.25) is 0 Å². The normalized spacial score (nSPS) is 13.7. The van der Waals surface area contributed by atoms with Crippen molar-refractivity contribution in [2.24, 2.45) is 4.99 Å². The van der Waals surface area contributed by atoms with E-state index in [4.69, 9.17) is 4.74 Å². The van der Waals surface area contributed by atoms with Crippen molar-refractivity contribution in [1.29, 1.82) is 0 Å². The summed E-state index contributed by atoms with van der Waals surface area (Å²) < 4.78 is 5.43. The molecule has 1 aliphatic heterocycles. The first kappa shape index (κ1) is 17.5. The van der Waals surface area contributed by atoms with Gasteiger partial charge < -0.3 is 4.74 Å². The van der Waals surface area contributed by atoms with Crippen molar-refractivity contribution in [3.05, 3.63) is 65.2 Å². The van der Waals surface area contributed by atoms with E-state index in [9.17, 15) is 4.79 Å². The predicted molar refractivity (Wildman–Crippen MR) is 103 cm³/mol. The number of rotatable bonds is 5. The third kappa shape index (κ3) is 4.42. The highest BCUT2D eigenvalue weighted by Gasteiger charge is 2.25. The number of thioether (sulfide) groups is 1. The van der Waals surface area contributed by atoms with Gasteiger partial charge in [-0.1, -0.05) is 41.6 Å². The molecule has 0 fully saturated rings. The van der Waals surface area contributed by atoms with Crippen LogP contribution >= 0.6 is 11.8 Å². The molecule has 4 nitrogen and oxygen atoms in total. The van der Waals surface area contributed by atoms with Gasteiger partial charge >= 0.3 is 0 Å². The summed E-state index contributed by atoms with van der Waals surface area (Å²) >= 11 is 1.62. The molecule has 2 aromatic carbocycles. The van der Waals surface area contributed by atoms with Crippen LogP contribution in [0.4, 0.5) is 0 Å². The van der Waals surface area contributed by atoms with Crippen LogP contribution in [0.3, 0.4) is 0 Å². The van der Waals surface area contributed by atoms with Crippen molar-refractivity contribution in [3.8, 4) is 5.75 Å². The molecule has 0 aromatic heterocycles. The molecule has 130 valence electrons. The Labute approximate surface area is 152 Å². The van der Waals surface area contributed by atoms with Crippen molar-refractivity contribution >= 4 is 22.8 Å². The number of hydrogen-bond acceptors (Lipinski definition) is 4. The second-order valence-electron chi connectivity index (χ2n) is 5.85. The first-order valence-corrected chi connectivity index (χ1v) is 9.43. The summed E-state index contributed by atoms with van der Waals surface area (Å²) in [6.07, 6.45) is 0. The van der Waals surface area contributed by atoms with Crippen LogP contribution in [0.1, 0.15) is 28.4 Å². The summed E-state index contributed by atoms with van der Waals surface area (Å²) in [5.74, 6) is 1.59. The third-order valence-corrected chi connectivity index (χ3v) is 5.03. The van der Waals surface area contributed by atoms with E-state index in [0.717, 1.165) is 16.7 Å². The van der Waals surface area contributed by atoms with Gasteiger partial charge in [0.05, 0.1) is 13.2 Å². The second-order valence-corrected chi connectivity index (χ2v) is 6.80. The van der Waals surface area contributed by atoms with E-state index in [1.807, 2.05) is 31.2 Å². The molecule has 0 unspecified atom stereocenters. The molecule has 0 atom stereocenters. The molecule has 0 radical (unpaired) electrons. The van der Waals surface area contributed by atoms with Gasteiger partial charge in [0.1, 0.15) is 5.75 Å². The molecule has 0 bridgehead atoms. The van der Waals surface area contributed by atoms with Crippen molar-refractivity contribution in [1.82, 2.24) is 4.90 Å². The van der Waals surface area contributed by atoms with Crippen LogP contribution < -0.4 is 4.74 Å². The lowest BCUT2D eigenvalue weighted by atomic mass is 10.2. The Bertz CT molecular complexity index is 754. The molecule has 0 spiro atoms. The maximum Gasteiger partial charge on any atom is 0.259 e. The number of benzene rings is 2. The van der Waals surface area contributed by atoms with E-state index in [0.29, 0.717) is 25.3 Å². The Kier molecular flexibility index (Phi) is 5.76. The zero-order chi connectivity index (χ0) is 17.6. The van der Waals surface area contributed by atoms with Gasteiger partial charge in [0, 0.05) is 17.9 Å². The van der Waals surface area contributed by atoms with E-state index in [1.54, 1.807) is 16.7 Å². The molecular weight excluding hydrogens is 332 g/mol. The predicted octanol–water partition coefficient (Wildman–Crippen LogP) is 4.14. The Balaban J connectivity index is 1.63. The number of hydrogen-bond donors (Lipinski definition) is 0. The van der Waals surface area contributed by atoms with Crippen LogP contribution in [-0.2, 0) is 5.75 Å². The number of amidine groups is 1. The molecular formula is C20H22N2O2S. The van der Waals surface area contributed by atoms with Crippen molar-refractivity contribution in [3.63, 3.8) is 0 Å². The lowest BCUT2D eigenvalue weighted by Crippen LogP contribution is -2.32. The van der Waals surface area contributed by atoms with Crippen molar-refractivity contribution in [2.45, 2.75) is 19.6 Å². The summed E-state index contributed by atoms with van der Waals surface area (Å²) in [5, 5.41) is 0.805. The molecule has 0 saturated heterocycles. The topological polar surface area (TPSA) is 41.9 Å². The van der Waals surface area contributed by atoms with E-state index in [-0.39, 0.29) is 5.91 Å². The van der Waals surface area contributed by atoms with Gasteiger partial charge in [0.25, 0.3) is 5.91 Å². The fourth-order valence-electron chi connectivity index (χ4n) is 2.59. The highest BCUT2D eigenvalue weighted by molar-refractivity contribution is 8.13. The minimum Gasteiger partial charge on any atom is -0.494 e. The van der Waals surface area contributed by atoms with Gasteiger partial charge in [-0.25, -0.2) is 0 Å². The lowest BCUT2D eigenvalue weighted by molar-refractivity contribution is 0.0860. The smallest absolute Gasteiger partial charge is 0.259 e. The maximum atomic E-state index is 12.8. The number of carbonyl (C=O) groups excluding carboxylic acids is 1. The Morgan fingerprint density at radius 3 is 2.56 bits per heavy atom. The van der Waals surface area contributed by atoms with E-state index in [2.05, 4.69) is 36.2 Å². The quantitative estimate of drug-likeness (QED) is 0.810. The summed E-state index contributed by atoms with van der Waals surface area (Å²) in [7, 11) is 0. The fourth-order valence-corrected chi connectivity index (χ4v) is 3.59. The molecule has 1 amide bonds. The first-order chi connectivity index (χ1) is 12.2. The van der Waals surface area contributed by atoms with E-state index < -0.39 is 0 Å². The molecule has 2 aromatic rings. The minimum atomic E-state index is -0.00398. The molecule has 0 aliphatic carbocycles. The molecule has 0 N–H and O–H groups in total. The monoisotopic (exact) mass is 354 g/mol. The van der Waals surface area contributed by atoms with Gasteiger partial charge in [-0.15, -0.1) is 0 Å². The lowest BCUT2D eigenvalue weighted by Gasteiger charge is -2.18. The number of aryl methyl sites for hydroxylation is 1. The summed E-state index contributed by atoms with van der Waals surface area (Å²) in [6.45, 7) is 5.94. The Morgan fingerprint density at radius 2 is 1.88 bits per heavy atom. The molecule has 1 aliphatic rings. The van der Waals surface area contributed by atoms with Crippen LogP contribution in [-0.4, -0.2) is 35.7 Å². The zero-order valence-corrected chi connectivity index (χ0v) is 15.4. The number of amides is 1. The molecule has 25 heavy (non-hydrogen) atoms. The van der Waals surface area contributed by atoms with Crippen LogP contribution in [0.5, 0.6) is 5.75 Å². The fraction of sp³-hybridized carbons (Fsp3) is 0.300. The Hall–Kier alpha value is -2.27. The first-order valence-electron chi connectivity index (χ1n) is 8.45. The van der Waals surface area contributed by atoms with E-state index in [1.165, 1.54) is 11.1 Å². The van der Waals surface area contributed by atoms with Crippen molar-refractivity contribution < 1.29 is 9.53 Å². The zero-order valence-electron chi connectivity index (χ0n) is 14.6. The largest absolute Gasteiger partial charge is 0.494 e. The number of aliphatic imine (C=N–C) groups is 1. The van der Waals surface area contributed by atoms with Crippen LogP contribution in [0.15, 0.2) is 53.5 Å². The highest BCUT2D eigenvalue weighted by atomic mass is 32.2. The molecule has 0 saturated carbocycles. The standard InChI is InChI=1S/C20H22N2O2S/c1-3-24-18-10-8-17(9-11-18)19(23)22-13-12-21-20(22)25-14-16-6-4-15(2)5-7-16/h4-11H,3,12-14H2,1-2H3. The minimum absolute atomic E-state index is 0.00398. The van der Waals surface area contributed by atoms with Gasteiger partial charge in [-0.3, -0.25) is 14.7 Å². The van der Waals surface area contributed by atoms with Gasteiger partial charge in [0.2, 0.25) is 0 Å². The third-order valence-electron chi connectivity index (χ3n) is 3.95. The average molecular weight is 354 g/mol. The second kappa shape index (κ2) is 8.21. The Morgan fingerprint density at radius 1 is 1.16 bits per heavy atom.